The molecule has 1 aromatic rings. The van der Waals surface area contributed by atoms with E-state index < -0.39 is 17.8 Å². The highest BCUT2D eigenvalue weighted by molar-refractivity contribution is 5.97. The van der Waals surface area contributed by atoms with Crippen LogP contribution in [0.3, 0.4) is 0 Å². The van der Waals surface area contributed by atoms with Crippen molar-refractivity contribution in [1.29, 1.82) is 0 Å². The maximum absolute atomic E-state index is 13.0. The Bertz CT molecular complexity index is 743. The summed E-state index contributed by atoms with van der Waals surface area (Å²) in [4.78, 5) is 24.9. The molecule has 6 atom stereocenters. The molecule has 4 heteroatoms. The van der Waals surface area contributed by atoms with E-state index in [1.807, 2.05) is 39.0 Å². The fraction of sp³-hybridized carbons (Fsp3) is 0.500. The molecule has 1 amide bonds. The largest absolute Gasteiger partial charge is 0.481 e. The highest BCUT2D eigenvalue weighted by Crippen LogP contribution is 2.63. The van der Waals surface area contributed by atoms with E-state index in [-0.39, 0.29) is 17.7 Å². The van der Waals surface area contributed by atoms with E-state index in [0.29, 0.717) is 11.8 Å². The zero-order valence-electron chi connectivity index (χ0n) is 14.2. The van der Waals surface area contributed by atoms with Gasteiger partial charge >= 0.3 is 5.97 Å². The van der Waals surface area contributed by atoms with Crippen LogP contribution in [0.25, 0.3) is 0 Å². The Morgan fingerprint density at radius 1 is 1.00 bits per heavy atom. The monoisotopic (exact) mass is 325 g/mol. The number of rotatable bonds is 3. The summed E-state index contributed by atoms with van der Waals surface area (Å²) in [5.74, 6) is -0.935. The molecule has 0 unspecified atom stereocenters. The Hall–Kier alpha value is -2.10. The minimum Gasteiger partial charge on any atom is -0.481 e. The average Bonchev–Trinajstić information content (AvgIpc) is 3.31. The van der Waals surface area contributed by atoms with Crippen LogP contribution in [0.1, 0.15) is 23.1 Å². The lowest BCUT2D eigenvalue weighted by Crippen LogP contribution is -2.48. The predicted molar refractivity (Wildman–Crippen MR) is 91.6 cm³/mol. The number of hydrogen-bond donors (Lipinski definition) is 2. The SMILES string of the molecule is Cc1cc(C)c(NC(=O)[C@@H]2[C@H]3C=C[C@@H]([C@@H]4C[C@H]34)[C@@H]2C(=O)O)c(C)c1. The van der Waals surface area contributed by atoms with Gasteiger partial charge in [-0.25, -0.2) is 0 Å². The van der Waals surface area contributed by atoms with Crippen molar-refractivity contribution in [3.05, 3.63) is 41.0 Å². The fourth-order valence-electron chi connectivity index (χ4n) is 5.15. The topological polar surface area (TPSA) is 66.4 Å². The van der Waals surface area contributed by atoms with Gasteiger partial charge in [-0.2, -0.15) is 0 Å². The molecule has 0 saturated heterocycles. The molecular weight excluding hydrogens is 302 g/mol. The number of carboxylic acid groups (broad SMARTS) is 1. The summed E-state index contributed by atoms with van der Waals surface area (Å²) in [6, 6.07) is 4.09. The van der Waals surface area contributed by atoms with Gasteiger partial charge in [-0.3, -0.25) is 9.59 Å². The van der Waals surface area contributed by atoms with Crippen LogP contribution in [0.2, 0.25) is 0 Å². The Morgan fingerprint density at radius 3 is 2.08 bits per heavy atom. The summed E-state index contributed by atoms with van der Waals surface area (Å²) < 4.78 is 0. The second-order valence-corrected chi connectivity index (χ2v) is 7.76. The van der Waals surface area contributed by atoms with Gasteiger partial charge in [0.25, 0.3) is 0 Å². The molecule has 2 bridgehead atoms. The lowest BCUT2D eigenvalue weighted by atomic mass is 9.62. The normalized spacial score (nSPS) is 35.5. The number of benzene rings is 1. The van der Waals surface area contributed by atoms with Gasteiger partial charge < -0.3 is 10.4 Å². The van der Waals surface area contributed by atoms with Gasteiger partial charge in [0.05, 0.1) is 11.8 Å². The number of aliphatic carboxylic acids is 1. The van der Waals surface area contributed by atoms with Crippen molar-refractivity contribution in [2.45, 2.75) is 27.2 Å². The Balaban J connectivity index is 1.65. The van der Waals surface area contributed by atoms with E-state index in [0.717, 1.165) is 28.8 Å². The van der Waals surface area contributed by atoms with Crippen molar-refractivity contribution in [1.82, 2.24) is 0 Å². The third-order valence-corrected chi connectivity index (χ3v) is 6.16. The number of anilines is 1. The van der Waals surface area contributed by atoms with Gasteiger partial charge in [-0.1, -0.05) is 29.8 Å². The Morgan fingerprint density at radius 2 is 1.54 bits per heavy atom. The quantitative estimate of drug-likeness (QED) is 0.838. The van der Waals surface area contributed by atoms with Gasteiger partial charge in [0.15, 0.2) is 0 Å². The van der Waals surface area contributed by atoms with E-state index in [9.17, 15) is 14.7 Å². The number of amides is 1. The van der Waals surface area contributed by atoms with Crippen LogP contribution in [0.4, 0.5) is 5.69 Å². The summed E-state index contributed by atoms with van der Waals surface area (Å²) in [6.07, 6.45) is 5.21. The molecule has 0 heterocycles. The van der Waals surface area contributed by atoms with Crippen LogP contribution in [-0.4, -0.2) is 17.0 Å². The first-order valence-electron chi connectivity index (χ1n) is 8.68. The smallest absolute Gasteiger partial charge is 0.307 e. The first kappa shape index (κ1) is 15.4. The van der Waals surface area contributed by atoms with Crippen molar-refractivity contribution in [2.24, 2.45) is 35.5 Å². The fourth-order valence-corrected chi connectivity index (χ4v) is 5.15. The Labute approximate surface area is 142 Å². The molecule has 0 radical (unpaired) electrons. The van der Waals surface area contributed by atoms with Crippen molar-refractivity contribution in [2.75, 3.05) is 5.32 Å². The molecular formula is C20H23NO3. The first-order valence-corrected chi connectivity index (χ1v) is 8.68. The molecule has 5 rings (SSSR count). The first-order chi connectivity index (χ1) is 11.4. The van der Waals surface area contributed by atoms with Gasteiger partial charge in [0.2, 0.25) is 5.91 Å². The van der Waals surface area contributed by atoms with Crippen LogP contribution in [-0.2, 0) is 9.59 Å². The van der Waals surface area contributed by atoms with Crippen LogP contribution in [0.15, 0.2) is 24.3 Å². The van der Waals surface area contributed by atoms with E-state index >= 15 is 0 Å². The summed E-state index contributed by atoms with van der Waals surface area (Å²) in [7, 11) is 0. The van der Waals surface area contributed by atoms with E-state index in [4.69, 9.17) is 0 Å². The van der Waals surface area contributed by atoms with Crippen LogP contribution in [0.5, 0.6) is 0 Å². The highest BCUT2D eigenvalue weighted by Gasteiger charge is 2.63. The van der Waals surface area contributed by atoms with Gasteiger partial charge in [-0.05, 0) is 62.0 Å². The molecule has 2 N–H and O–H groups in total. The van der Waals surface area contributed by atoms with E-state index in [2.05, 4.69) is 11.4 Å². The molecule has 2 saturated carbocycles. The summed E-state index contributed by atoms with van der Waals surface area (Å²) in [5.41, 5.74) is 4.03. The minimum absolute atomic E-state index is 0.0217. The number of carbonyl (C=O) groups is 2. The molecule has 4 aliphatic rings. The van der Waals surface area contributed by atoms with Gasteiger partial charge in [-0.15, -0.1) is 0 Å². The lowest BCUT2D eigenvalue weighted by Gasteiger charge is -2.41. The maximum atomic E-state index is 13.0. The molecule has 24 heavy (non-hydrogen) atoms. The lowest BCUT2D eigenvalue weighted by molar-refractivity contribution is -0.152. The van der Waals surface area contributed by atoms with Gasteiger partial charge in [0, 0.05) is 5.69 Å². The third-order valence-electron chi connectivity index (χ3n) is 6.16. The molecule has 0 spiro atoms. The molecule has 4 aliphatic carbocycles. The maximum Gasteiger partial charge on any atom is 0.307 e. The molecule has 0 aromatic heterocycles. The molecule has 2 fully saturated rings. The standard InChI is InChI=1S/C20H23NO3/c1-9-6-10(2)18(11(3)7-9)21-19(22)16-12-4-5-13(15-8-14(12)15)17(16)20(23)24/h4-7,12-17H,8H2,1-3H3,(H,21,22)(H,23,24)/t12-,13-,14+,15-,16+,17-/m0/s1. The van der Waals surface area contributed by atoms with Crippen molar-refractivity contribution in [3.8, 4) is 0 Å². The predicted octanol–water partition coefficient (Wildman–Crippen LogP) is 3.32. The number of hydrogen-bond acceptors (Lipinski definition) is 2. The van der Waals surface area contributed by atoms with Crippen LogP contribution >= 0.6 is 0 Å². The number of aryl methyl sites for hydroxylation is 3. The number of carboxylic acids is 1. The van der Waals surface area contributed by atoms with E-state index in [1.165, 1.54) is 0 Å². The van der Waals surface area contributed by atoms with Crippen LogP contribution < -0.4 is 5.32 Å². The van der Waals surface area contributed by atoms with E-state index in [1.54, 1.807) is 0 Å². The van der Waals surface area contributed by atoms with Crippen molar-refractivity contribution in [3.63, 3.8) is 0 Å². The molecule has 4 nitrogen and oxygen atoms in total. The number of allylic oxidation sites excluding steroid dienone is 2. The Kier molecular flexibility index (Phi) is 3.34. The number of fused-ring (bicyclic) bond motifs is 1. The number of nitrogens with one attached hydrogen (secondary N) is 1. The molecule has 0 aliphatic heterocycles. The second-order valence-electron chi connectivity index (χ2n) is 7.76. The zero-order chi connectivity index (χ0) is 17.2. The second kappa shape index (κ2) is 5.20. The van der Waals surface area contributed by atoms with Crippen molar-refractivity contribution < 1.29 is 14.7 Å². The minimum atomic E-state index is -0.836. The van der Waals surface area contributed by atoms with Crippen molar-refractivity contribution >= 4 is 17.6 Å². The van der Waals surface area contributed by atoms with Crippen LogP contribution in [0, 0.1) is 56.3 Å². The third kappa shape index (κ3) is 2.20. The average molecular weight is 325 g/mol. The molecule has 1 aromatic carbocycles. The van der Waals surface area contributed by atoms with Gasteiger partial charge in [0.1, 0.15) is 0 Å². The summed E-state index contributed by atoms with van der Waals surface area (Å²) in [5, 5.41) is 12.8. The zero-order valence-corrected chi connectivity index (χ0v) is 14.2. The highest BCUT2D eigenvalue weighted by atomic mass is 16.4. The number of carbonyl (C=O) groups excluding carboxylic acids is 1. The molecule has 126 valence electrons. The summed E-state index contributed by atoms with van der Waals surface area (Å²) >= 11 is 0. The summed E-state index contributed by atoms with van der Waals surface area (Å²) in [6.45, 7) is 5.99.